The Kier molecular flexibility index (Phi) is 8.00. The molecular weight excluding hydrogens is 460 g/mol. The van der Waals surface area contributed by atoms with Gasteiger partial charge in [0.15, 0.2) is 0 Å². The van der Waals surface area contributed by atoms with Crippen molar-refractivity contribution in [3.05, 3.63) is 90.0 Å². The molecular formula is C28H30N2O4S. The van der Waals surface area contributed by atoms with Gasteiger partial charge in [0.25, 0.3) is 5.91 Å². The first-order chi connectivity index (χ1) is 17.0. The van der Waals surface area contributed by atoms with Crippen LogP contribution in [-0.4, -0.2) is 38.8 Å². The summed E-state index contributed by atoms with van der Waals surface area (Å²) in [6.45, 7) is 1.11. The molecule has 6 nitrogen and oxygen atoms in total. The molecule has 1 aliphatic heterocycles. The van der Waals surface area contributed by atoms with E-state index < -0.39 is 10.0 Å². The van der Waals surface area contributed by atoms with E-state index in [0.717, 1.165) is 42.6 Å². The Hall–Kier alpha value is -3.42. The number of carbonyl (C=O) groups is 1. The van der Waals surface area contributed by atoms with Gasteiger partial charge in [-0.25, -0.2) is 8.42 Å². The lowest BCUT2D eigenvalue weighted by Gasteiger charge is -2.20. The van der Waals surface area contributed by atoms with E-state index in [2.05, 4.69) is 5.32 Å². The molecule has 1 aliphatic rings. The second-order valence-corrected chi connectivity index (χ2v) is 10.4. The Balaban J connectivity index is 1.55. The number of nitrogens with one attached hydrogen (secondary N) is 1. The molecule has 3 aromatic carbocycles. The number of carbonyl (C=O) groups excluding carboxylic acids is 1. The highest BCUT2D eigenvalue weighted by Crippen LogP contribution is 2.24. The normalized spacial score (nSPS) is 15.3. The summed E-state index contributed by atoms with van der Waals surface area (Å²) >= 11 is 0. The van der Waals surface area contributed by atoms with E-state index in [9.17, 15) is 13.2 Å². The quantitative estimate of drug-likeness (QED) is 0.354. The third kappa shape index (κ3) is 6.18. The summed E-state index contributed by atoms with van der Waals surface area (Å²) in [5, 5.41) is 2.91. The lowest BCUT2D eigenvalue weighted by molar-refractivity contribution is -0.111. The molecule has 0 saturated carbocycles. The highest BCUT2D eigenvalue weighted by molar-refractivity contribution is 7.89. The number of amides is 1. The highest BCUT2D eigenvalue weighted by Gasteiger charge is 2.25. The molecule has 1 N–H and O–H groups in total. The number of anilines is 1. The molecule has 182 valence electrons. The van der Waals surface area contributed by atoms with E-state index in [1.54, 1.807) is 35.7 Å². The van der Waals surface area contributed by atoms with Crippen molar-refractivity contribution in [2.24, 2.45) is 0 Å². The average Bonchev–Trinajstić information content (AvgIpc) is 3.19. The molecule has 35 heavy (non-hydrogen) atoms. The van der Waals surface area contributed by atoms with Gasteiger partial charge in [0.05, 0.1) is 12.0 Å². The standard InChI is InChI=1S/C28H30N2O4S/c1-34-25-15-11-22(12-16-25)21-27(23-9-5-4-6-10-23)28(31)29-24-13-17-26(18-14-24)35(32,33)30-19-7-2-3-8-20-30/h4-6,9-18,21H,2-3,7-8,19-20H2,1H3,(H,29,31)/b27-21+. The number of nitrogens with zero attached hydrogens (tertiary/aromatic N) is 1. The van der Waals surface area contributed by atoms with Gasteiger partial charge in [-0.2, -0.15) is 4.31 Å². The van der Waals surface area contributed by atoms with Crippen molar-refractivity contribution in [1.29, 1.82) is 0 Å². The largest absolute Gasteiger partial charge is 0.497 e. The summed E-state index contributed by atoms with van der Waals surface area (Å²) in [7, 11) is -1.93. The van der Waals surface area contributed by atoms with Crippen molar-refractivity contribution < 1.29 is 17.9 Å². The Morgan fingerprint density at radius 3 is 2.09 bits per heavy atom. The summed E-state index contributed by atoms with van der Waals surface area (Å²) in [4.78, 5) is 13.5. The smallest absolute Gasteiger partial charge is 0.256 e. The van der Waals surface area contributed by atoms with Crippen molar-refractivity contribution >= 4 is 33.3 Å². The number of hydrogen-bond acceptors (Lipinski definition) is 4. The maximum absolute atomic E-state index is 13.3. The van der Waals surface area contributed by atoms with Gasteiger partial charge in [0, 0.05) is 24.4 Å². The second kappa shape index (κ2) is 11.3. The molecule has 4 rings (SSSR count). The SMILES string of the molecule is COc1ccc(/C=C(/C(=O)Nc2ccc(S(=O)(=O)N3CCCCCC3)cc2)c2ccccc2)cc1. The van der Waals surface area contributed by atoms with E-state index in [1.165, 1.54) is 0 Å². The lowest BCUT2D eigenvalue weighted by Crippen LogP contribution is -2.31. The number of hydrogen-bond donors (Lipinski definition) is 1. The predicted molar refractivity (Wildman–Crippen MR) is 140 cm³/mol. The van der Waals surface area contributed by atoms with E-state index in [1.807, 2.05) is 60.7 Å². The fourth-order valence-electron chi connectivity index (χ4n) is 4.10. The minimum Gasteiger partial charge on any atom is -0.497 e. The maximum atomic E-state index is 13.3. The van der Waals surface area contributed by atoms with Crippen LogP contribution in [0.2, 0.25) is 0 Å². The van der Waals surface area contributed by atoms with Gasteiger partial charge in [-0.1, -0.05) is 55.3 Å². The van der Waals surface area contributed by atoms with Gasteiger partial charge in [0.1, 0.15) is 5.75 Å². The van der Waals surface area contributed by atoms with E-state index in [-0.39, 0.29) is 10.8 Å². The first-order valence-corrected chi connectivity index (χ1v) is 13.2. The number of benzene rings is 3. The van der Waals surface area contributed by atoms with E-state index in [4.69, 9.17) is 4.74 Å². The molecule has 1 amide bonds. The molecule has 1 saturated heterocycles. The molecule has 0 spiro atoms. The fraction of sp³-hybridized carbons (Fsp3) is 0.250. The van der Waals surface area contributed by atoms with Crippen LogP contribution in [0.4, 0.5) is 5.69 Å². The zero-order valence-electron chi connectivity index (χ0n) is 19.8. The van der Waals surface area contributed by atoms with Gasteiger partial charge in [-0.05, 0) is 66.4 Å². The molecule has 3 aromatic rings. The van der Waals surface area contributed by atoms with Crippen LogP contribution >= 0.6 is 0 Å². The predicted octanol–water partition coefficient (Wildman–Crippen LogP) is 5.44. The number of methoxy groups -OCH3 is 1. The summed E-state index contributed by atoms with van der Waals surface area (Å²) < 4.78 is 32.9. The minimum absolute atomic E-state index is 0.245. The monoisotopic (exact) mass is 490 g/mol. The van der Waals surface area contributed by atoms with Crippen LogP contribution in [0.1, 0.15) is 36.8 Å². The molecule has 0 aromatic heterocycles. The molecule has 0 unspecified atom stereocenters. The molecule has 7 heteroatoms. The van der Waals surface area contributed by atoms with Gasteiger partial charge in [-0.15, -0.1) is 0 Å². The van der Waals surface area contributed by atoms with Crippen LogP contribution < -0.4 is 10.1 Å². The van der Waals surface area contributed by atoms with Crippen molar-refractivity contribution in [1.82, 2.24) is 4.31 Å². The van der Waals surface area contributed by atoms with Crippen molar-refractivity contribution in [2.75, 3.05) is 25.5 Å². The first-order valence-electron chi connectivity index (χ1n) is 11.8. The minimum atomic E-state index is -3.54. The molecule has 0 radical (unpaired) electrons. The molecule has 0 aliphatic carbocycles. The van der Waals surface area contributed by atoms with Crippen LogP contribution in [0.25, 0.3) is 11.6 Å². The van der Waals surface area contributed by atoms with Crippen LogP contribution in [-0.2, 0) is 14.8 Å². The zero-order chi connectivity index (χ0) is 24.7. The first kappa shape index (κ1) is 24.7. The van der Waals surface area contributed by atoms with Gasteiger partial charge in [-0.3, -0.25) is 4.79 Å². The summed E-state index contributed by atoms with van der Waals surface area (Å²) in [6.07, 6.45) is 5.71. The Morgan fingerprint density at radius 1 is 0.857 bits per heavy atom. The number of ether oxygens (including phenoxy) is 1. The molecule has 1 heterocycles. The number of sulfonamides is 1. The molecule has 0 bridgehead atoms. The third-order valence-electron chi connectivity index (χ3n) is 6.07. The van der Waals surface area contributed by atoms with Gasteiger partial charge >= 0.3 is 0 Å². The Morgan fingerprint density at radius 2 is 1.49 bits per heavy atom. The van der Waals surface area contributed by atoms with E-state index in [0.29, 0.717) is 24.4 Å². The van der Waals surface area contributed by atoms with Crippen molar-refractivity contribution in [3.8, 4) is 5.75 Å². The zero-order valence-corrected chi connectivity index (χ0v) is 20.6. The van der Waals surface area contributed by atoms with Crippen molar-refractivity contribution in [2.45, 2.75) is 30.6 Å². The Labute approximate surface area is 207 Å². The van der Waals surface area contributed by atoms with Crippen LogP contribution in [0.5, 0.6) is 5.75 Å². The topological polar surface area (TPSA) is 75.7 Å². The van der Waals surface area contributed by atoms with Gasteiger partial charge in [0.2, 0.25) is 10.0 Å². The fourth-order valence-corrected chi connectivity index (χ4v) is 5.62. The third-order valence-corrected chi connectivity index (χ3v) is 7.98. The average molecular weight is 491 g/mol. The summed E-state index contributed by atoms with van der Waals surface area (Å²) in [5.41, 5.74) is 2.67. The second-order valence-electron chi connectivity index (χ2n) is 8.49. The molecule has 0 atom stereocenters. The summed E-state index contributed by atoms with van der Waals surface area (Å²) in [5.74, 6) is 0.457. The van der Waals surface area contributed by atoms with E-state index >= 15 is 0 Å². The lowest BCUT2D eigenvalue weighted by atomic mass is 10.0. The molecule has 1 fully saturated rings. The van der Waals surface area contributed by atoms with Crippen LogP contribution in [0.3, 0.4) is 0 Å². The number of rotatable bonds is 7. The van der Waals surface area contributed by atoms with Crippen molar-refractivity contribution in [3.63, 3.8) is 0 Å². The maximum Gasteiger partial charge on any atom is 0.256 e. The van der Waals surface area contributed by atoms with Crippen LogP contribution in [0.15, 0.2) is 83.8 Å². The summed E-state index contributed by atoms with van der Waals surface area (Å²) in [6, 6.07) is 23.3. The highest BCUT2D eigenvalue weighted by atomic mass is 32.2. The van der Waals surface area contributed by atoms with Gasteiger partial charge < -0.3 is 10.1 Å². The van der Waals surface area contributed by atoms with Crippen LogP contribution in [0, 0.1) is 0 Å². The Bertz CT molecular complexity index is 1260.